The molecule has 0 unspecified atom stereocenters. The monoisotopic (exact) mass is 417 g/mol. The highest BCUT2D eigenvalue weighted by atomic mass is 35.5. The average Bonchev–Trinajstić information content (AvgIpc) is 2.79. The molecule has 0 atom stereocenters. The van der Waals surface area contributed by atoms with Crippen molar-refractivity contribution in [1.82, 2.24) is 15.1 Å². The summed E-state index contributed by atoms with van der Waals surface area (Å²) in [4.78, 5) is 18.6. The summed E-state index contributed by atoms with van der Waals surface area (Å²) in [6.07, 6.45) is 0. The predicted octanol–water partition coefficient (Wildman–Crippen LogP) is 1.69. The minimum absolute atomic E-state index is 0.0200. The van der Waals surface area contributed by atoms with Crippen molar-refractivity contribution < 1.29 is 14.3 Å². The molecule has 2 saturated heterocycles. The Morgan fingerprint density at radius 1 is 0.897 bits per heavy atom. The Morgan fingerprint density at radius 2 is 1.48 bits per heavy atom. The molecule has 0 saturated carbocycles. The molecule has 154 valence electrons. The van der Waals surface area contributed by atoms with Crippen LogP contribution in [0.3, 0.4) is 0 Å². The first-order valence-corrected chi connectivity index (χ1v) is 10.1. The van der Waals surface area contributed by atoms with Crippen LogP contribution in [0.25, 0.3) is 0 Å². The molecule has 0 spiro atoms. The van der Waals surface area contributed by atoms with Gasteiger partial charge in [-0.2, -0.15) is 0 Å². The first-order valence-electron chi connectivity index (χ1n) is 9.76. The van der Waals surface area contributed by atoms with Gasteiger partial charge in [0.25, 0.3) is 5.91 Å². The van der Waals surface area contributed by atoms with E-state index in [9.17, 15) is 4.79 Å². The van der Waals surface area contributed by atoms with E-state index in [1.54, 1.807) is 24.3 Å². The Bertz CT molecular complexity index is 804. The van der Waals surface area contributed by atoms with Crippen LogP contribution >= 0.6 is 11.6 Å². The summed E-state index contributed by atoms with van der Waals surface area (Å²) in [5.41, 5.74) is 0. The minimum Gasteiger partial charge on any atom is -0.484 e. The third-order valence-corrected chi connectivity index (χ3v) is 5.36. The van der Waals surface area contributed by atoms with Gasteiger partial charge in [-0.15, -0.1) is 10.2 Å². The summed E-state index contributed by atoms with van der Waals surface area (Å²) in [7, 11) is 0. The number of hydrogen-bond acceptors (Lipinski definition) is 7. The lowest BCUT2D eigenvalue weighted by Gasteiger charge is -2.35. The van der Waals surface area contributed by atoms with Gasteiger partial charge in [0.1, 0.15) is 5.75 Å². The molecule has 1 amide bonds. The maximum atomic E-state index is 12.4. The fraction of sp³-hybridized carbons (Fsp3) is 0.450. The van der Waals surface area contributed by atoms with Gasteiger partial charge in [-0.3, -0.25) is 4.79 Å². The van der Waals surface area contributed by atoms with Crippen molar-refractivity contribution in [2.45, 2.75) is 0 Å². The maximum absolute atomic E-state index is 12.4. The second-order valence-corrected chi connectivity index (χ2v) is 7.40. The molecule has 4 rings (SSSR count). The van der Waals surface area contributed by atoms with E-state index in [1.165, 1.54) is 0 Å². The third kappa shape index (κ3) is 5.07. The molecular weight excluding hydrogens is 394 g/mol. The lowest BCUT2D eigenvalue weighted by molar-refractivity contribution is -0.133. The molecule has 8 nitrogen and oxygen atoms in total. The number of carbonyl (C=O) groups excluding carboxylic acids is 1. The predicted molar refractivity (Wildman–Crippen MR) is 111 cm³/mol. The number of rotatable bonds is 5. The molecule has 2 aromatic rings. The Morgan fingerprint density at radius 3 is 2.07 bits per heavy atom. The van der Waals surface area contributed by atoms with Gasteiger partial charge in [-0.05, 0) is 36.4 Å². The molecule has 0 radical (unpaired) electrons. The van der Waals surface area contributed by atoms with Gasteiger partial charge in [0.15, 0.2) is 18.2 Å². The fourth-order valence-electron chi connectivity index (χ4n) is 3.40. The van der Waals surface area contributed by atoms with Crippen LogP contribution < -0.4 is 14.5 Å². The molecule has 3 heterocycles. The number of morpholine rings is 1. The van der Waals surface area contributed by atoms with E-state index in [0.717, 1.165) is 51.0 Å². The molecule has 1 aromatic carbocycles. The molecule has 0 bridgehead atoms. The normalized spacial score (nSPS) is 17.3. The van der Waals surface area contributed by atoms with Crippen molar-refractivity contribution in [3.05, 3.63) is 41.4 Å². The van der Waals surface area contributed by atoms with Crippen molar-refractivity contribution in [3.63, 3.8) is 0 Å². The molecule has 2 fully saturated rings. The number of halogens is 1. The number of hydrogen-bond donors (Lipinski definition) is 0. The zero-order valence-corrected chi connectivity index (χ0v) is 16.9. The zero-order chi connectivity index (χ0) is 20.1. The van der Waals surface area contributed by atoms with E-state index in [0.29, 0.717) is 23.9 Å². The molecule has 0 aliphatic carbocycles. The van der Waals surface area contributed by atoms with Gasteiger partial charge in [0.05, 0.1) is 13.2 Å². The largest absolute Gasteiger partial charge is 0.484 e. The van der Waals surface area contributed by atoms with Crippen LogP contribution in [0.15, 0.2) is 36.4 Å². The molecule has 29 heavy (non-hydrogen) atoms. The summed E-state index contributed by atoms with van der Waals surface area (Å²) < 4.78 is 10.9. The first-order chi connectivity index (χ1) is 14.2. The molecule has 1 aromatic heterocycles. The Hall–Kier alpha value is -2.58. The zero-order valence-electron chi connectivity index (χ0n) is 16.2. The van der Waals surface area contributed by atoms with Crippen LogP contribution in [0.1, 0.15) is 0 Å². The smallest absolute Gasteiger partial charge is 0.260 e. The second-order valence-electron chi connectivity index (χ2n) is 6.96. The number of piperazine rings is 1. The van der Waals surface area contributed by atoms with Gasteiger partial charge >= 0.3 is 0 Å². The number of carbonyl (C=O) groups is 1. The van der Waals surface area contributed by atoms with E-state index in [-0.39, 0.29) is 12.5 Å². The third-order valence-electron chi connectivity index (χ3n) is 5.10. The summed E-state index contributed by atoms with van der Waals surface area (Å²) >= 11 is 5.86. The lowest BCUT2D eigenvalue weighted by Crippen LogP contribution is -2.50. The molecule has 2 aliphatic heterocycles. The van der Waals surface area contributed by atoms with Crippen LogP contribution in [0.4, 0.5) is 11.6 Å². The van der Waals surface area contributed by atoms with Crippen molar-refractivity contribution in [1.29, 1.82) is 0 Å². The van der Waals surface area contributed by atoms with Crippen molar-refractivity contribution in [3.8, 4) is 5.75 Å². The van der Waals surface area contributed by atoms with Crippen LogP contribution in [0.5, 0.6) is 5.75 Å². The number of benzene rings is 1. The van der Waals surface area contributed by atoms with Gasteiger partial charge in [-0.1, -0.05) is 11.6 Å². The van der Waals surface area contributed by atoms with E-state index in [4.69, 9.17) is 21.1 Å². The van der Waals surface area contributed by atoms with Crippen molar-refractivity contribution in [2.75, 3.05) is 68.9 Å². The molecule has 2 aliphatic rings. The molecule has 0 N–H and O–H groups in total. The van der Waals surface area contributed by atoms with E-state index >= 15 is 0 Å². The van der Waals surface area contributed by atoms with Crippen molar-refractivity contribution >= 4 is 29.1 Å². The average molecular weight is 418 g/mol. The molecular formula is C20H24ClN5O3. The van der Waals surface area contributed by atoms with Gasteiger partial charge in [-0.25, -0.2) is 0 Å². The summed E-state index contributed by atoms with van der Waals surface area (Å²) in [6, 6.07) is 11.0. The fourth-order valence-corrected chi connectivity index (χ4v) is 3.53. The van der Waals surface area contributed by atoms with E-state index in [1.807, 2.05) is 17.0 Å². The standard InChI is InChI=1S/C20H24ClN5O3/c21-16-1-3-17(4-2-16)29-15-20(27)26-9-7-24(8-10-26)18-5-6-19(23-22-18)25-11-13-28-14-12-25/h1-6H,7-15H2. The highest BCUT2D eigenvalue weighted by Crippen LogP contribution is 2.18. The highest BCUT2D eigenvalue weighted by Gasteiger charge is 2.23. The Kier molecular flexibility index (Phi) is 6.31. The van der Waals surface area contributed by atoms with Crippen LogP contribution in [0, 0.1) is 0 Å². The topological polar surface area (TPSA) is 71.0 Å². The number of nitrogens with zero attached hydrogens (tertiary/aromatic N) is 5. The van der Waals surface area contributed by atoms with Crippen LogP contribution in [-0.2, 0) is 9.53 Å². The number of ether oxygens (including phenoxy) is 2. The van der Waals surface area contributed by atoms with Gasteiger partial charge in [0.2, 0.25) is 0 Å². The summed E-state index contributed by atoms with van der Waals surface area (Å²) in [5.74, 6) is 2.34. The maximum Gasteiger partial charge on any atom is 0.260 e. The lowest BCUT2D eigenvalue weighted by atomic mass is 10.3. The minimum atomic E-state index is -0.0200. The Labute approximate surface area is 175 Å². The number of amides is 1. The van der Waals surface area contributed by atoms with E-state index in [2.05, 4.69) is 20.0 Å². The summed E-state index contributed by atoms with van der Waals surface area (Å²) in [6.45, 7) is 5.86. The Balaban J connectivity index is 1.25. The first kappa shape index (κ1) is 19.7. The van der Waals surface area contributed by atoms with Crippen LogP contribution in [0.2, 0.25) is 5.02 Å². The SMILES string of the molecule is O=C(COc1ccc(Cl)cc1)N1CCN(c2ccc(N3CCOCC3)nn2)CC1. The highest BCUT2D eigenvalue weighted by molar-refractivity contribution is 6.30. The van der Waals surface area contributed by atoms with Gasteiger partial charge < -0.3 is 24.2 Å². The van der Waals surface area contributed by atoms with Gasteiger partial charge in [0, 0.05) is 44.3 Å². The quantitative estimate of drug-likeness (QED) is 0.733. The molecule has 9 heteroatoms. The van der Waals surface area contributed by atoms with Crippen LogP contribution in [-0.4, -0.2) is 80.1 Å². The van der Waals surface area contributed by atoms with Crippen molar-refractivity contribution in [2.24, 2.45) is 0 Å². The number of aromatic nitrogens is 2. The van der Waals surface area contributed by atoms with E-state index < -0.39 is 0 Å². The summed E-state index contributed by atoms with van der Waals surface area (Å²) in [5, 5.41) is 9.39. The second kappa shape index (κ2) is 9.28. The number of anilines is 2.